The predicted octanol–water partition coefficient (Wildman–Crippen LogP) is 2.05. The molecule has 0 aliphatic carbocycles. The van der Waals surface area contributed by atoms with E-state index in [2.05, 4.69) is 32.1 Å². The SMILES string of the molecule is CC1CN(c2cccc(C(=N)c3cc(C(C=N)C=NCCF)ncc3N)n2)CCN1. The largest absolute Gasteiger partial charge is 0.397 e. The van der Waals surface area contributed by atoms with Gasteiger partial charge in [0.1, 0.15) is 12.5 Å². The zero-order chi connectivity index (χ0) is 21.5. The van der Waals surface area contributed by atoms with E-state index in [0.29, 0.717) is 28.7 Å². The Balaban J connectivity index is 1.87. The molecule has 0 amide bonds. The molecule has 8 nitrogen and oxygen atoms in total. The minimum atomic E-state index is -0.555. The highest BCUT2D eigenvalue weighted by Crippen LogP contribution is 2.21. The lowest BCUT2D eigenvalue weighted by Gasteiger charge is -2.32. The van der Waals surface area contributed by atoms with Gasteiger partial charge in [-0.1, -0.05) is 6.07 Å². The topological polar surface area (TPSA) is 127 Å². The Morgan fingerprint density at radius 1 is 1.50 bits per heavy atom. The second-order valence-electron chi connectivity index (χ2n) is 7.19. The Morgan fingerprint density at radius 2 is 2.33 bits per heavy atom. The van der Waals surface area contributed by atoms with Crippen LogP contribution in [0.2, 0.25) is 0 Å². The fourth-order valence-electron chi connectivity index (χ4n) is 3.34. The van der Waals surface area contributed by atoms with Crippen molar-refractivity contribution in [2.24, 2.45) is 4.99 Å². The highest BCUT2D eigenvalue weighted by Gasteiger charge is 2.19. The van der Waals surface area contributed by atoms with Crippen LogP contribution in [0.1, 0.15) is 29.8 Å². The number of nitrogens with two attached hydrogens (primary N) is 1. The van der Waals surface area contributed by atoms with Crippen molar-refractivity contribution in [3.05, 3.63) is 47.4 Å². The van der Waals surface area contributed by atoms with E-state index in [4.69, 9.17) is 16.6 Å². The molecule has 1 fully saturated rings. The summed E-state index contributed by atoms with van der Waals surface area (Å²) in [7, 11) is 0. The van der Waals surface area contributed by atoms with Gasteiger partial charge in [-0.25, -0.2) is 9.37 Å². The molecule has 3 rings (SSSR count). The first-order valence-corrected chi connectivity index (χ1v) is 9.90. The molecule has 1 aliphatic heterocycles. The van der Waals surface area contributed by atoms with Crippen molar-refractivity contribution in [3.63, 3.8) is 0 Å². The number of halogens is 1. The zero-order valence-electron chi connectivity index (χ0n) is 17.0. The lowest BCUT2D eigenvalue weighted by Crippen LogP contribution is -2.49. The molecule has 3 heterocycles. The van der Waals surface area contributed by atoms with E-state index in [1.165, 1.54) is 18.6 Å². The number of hydrogen-bond acceptors (Lipinski definition) is 8. The monoisotopic (exact) mass is 410 g/mol. The van der Waals surface area contributed by atoms with E-state index < -0.39 is 12.6 Å². The molecular formula is C21H27FN8. The van der Waals surface area contributed by atoms with Crippen LogP contribution in [-0.4, -0.2) is 67.0 Å². The van der Waals surface area contributed by atoms with Crippen molar-refractivity contribution < 1.29 is 4.39 Å². The van der Waals surface area contributed by atoms with Gasteiger partial charge in [-0.3, -0.25) is 15.4 Å². The van der Waals surface area contributed by atoms with Crippen molar-refractivity contribution in [1.29, 1.82) is 10.8 Å². The van der Waals surface area contributed by atoms with Crippen LogP contribution < -0.4 is 16.0 Å². The number of hydrogen-bond donors (Lipinski definition) is 4. The van der Waals surface area contributed by atoms with Gasteiger partial charge in [-0.05, 0) is 25.1 Å². The summed E-state index contributed by atoms with van der Waals surface area (Å²) < 4.78 is 12.3. The maximum absolute atomic E-state index is 12.3. The van der Waals surface area contributed by atoms with Crippen molar-refractivity contribution in [2.75, 3.05) is 43.5 Å². The van der Waals surface area contributed by atoms with E-state index in [-0.39, 0.29) is 12.3 Å². The summed E-state index contributed by atoms with van der Waals surface area (Å²) in [5, 5.41) is 19.7. The van der Waals surface area contributed by atoms with Crippen molar-refractivity contribution in [3.8, 4) is 0 Å². The number of aromatic nitrogens is 2. The molecule has 1 saturated heterocycles. The second kappa shape index (κ2) is 10.0. The summed E-state index contributed by atoms with van der Waals surface area (Å²) in [5.74, 6) is 0.319. The van der Waals surface area contributed by atoms with Crippen LogP contribution in [0.3, 0.4) is 0 Å². The van der Waals surface area contributed by atoms with E-state index in [0.717, 1.165) is 25.5 Å². The molecule has 2 aromatic rings. The molecule has 0 spiro atoms. The van der Waals surface area contributed by atoms with Crippen LogP contribution >= 0.6 is 0 Å². The Hall–Kier alpha value is -3.20. The molecule has 1 aliphatic rings. The number of nitrogens with zero attached hydrogens (tertiary/aromatic N) is 4. The predicted molar refractivity (Wildman–Crippen MR) is 119 cm³/mol. The Labute approximate surface area is 175 Å². The molecule has 30 heavy (non-hydrogen) atoms. The van der Waals surface area contributed by atoms with E-state index >= 15 is 0 Å². The molecule has 0 radical (unpaired) electrons. The number of nitrogens with one attached hydrogen (secondary N) is 3. The summed E-state index contributed by atoms with van der Waals surface area (Å²) in [6.45, 7) is 4.22. The van der Waals surface area contributed by atoms with Gasteiger partial charge >= 0.3 is 0 Å². The quantitative estimate of drug-likeness (QED) is 0.495. The highest BCUT2D eigenvalue weighted by atomic mass is 19.1. The lowest BCUT2D eigenvalue weighted by molar-refractivity contribution is 0.482. The first kappa shape index (κ1) is 21.5. The fraction of sp³-hybridized carbons (Fsp3) is 0.381. The van der Waals surface area contributed by atoms with E-state index in [1.54, 1.807) is 12.1 Å². The van der Waals surface area contributed by atoms with Gasteiger partial charge in [0, 0.05) is 43.7 Å². The Bertz CT molecular complexity index is 929. The third-order valence-electron chi connectivity index (χ3n) is 4.91. The average molecular weight is 411 g/mol. The molecular weight excluding hydrogens is 383 g/mol. The van der Waals surface area contributed by atoms with Crippen LogP contribution in [0.15, 0.2) is 35.5 Å². The van der Waals surface area contributed by atoms with Gasteiger partial charge < -0.3 is 21.4 Å². The molecule has 0 aromatic carbocycles. The van der Waals surface area contributed by atoms with Crippen LogP contribution in [0.25, 0.3) is 0 Å². The number of rotatable bonds is 8. The lowest BCUT2D eigenvalue weighted by atomic mass is 10.0. The van der Waals surface area contributed by atoms with Crippen LogP contribution in [0.4, 0.5) is 15.9 Å². The molecule has 158 valence electrons. The maximum Gasteiger partial charge on any atom is 0.129 e. The number of alkyl halides is 1. The molecule has 5 N–H and O–H groups in total. The minimum absolute atomic E-state index is 0.0450. The van der Waals surface area contributed by atoms with Crippen LogP contribution in [0.5, 0.6) is 0 Å². The number of aliphatic imine (C=N–C) groups is 1. The van der Waals surface area contributed by atoms with Crippen LogP contribution in [0, 0.1) is 10.8 Å². The Kier molecular flexibility index (Phi) is 7.18. The van der Waals surface area contributed by atoms with Gasteiger partial charge in [-0.15, -0.1) is 0 Å². The van der Waals surface area contributed by atoms with Crippen molar-refractivity contribution >= 4 is 29.6 Å². The number of piperazine rings is 1. The van der Waals surface area contributed by atoms with Gasteiger partial charge in [0.25, 0.3) is 0 Å². The van der Waals surface area contributed by atoms with Gasteiger partial charge in [-0.2, -0.15) is 0 Å². The summed E-state index contributed by atoms with van der Waals surface area (Å²) in [5.41, 5.74) is 8.17. The van der Waals surface area contributed by atoms with Gasteiger partial charge in [0.15, 0.2) is 0 Å². The minimum Gasteiger partial charge on any atom is -0.397 e. The summed E-state index contributed by atoms with van der Waals surface area (Å²) >= 11 is 0. The van der Waals surface area contributed by atoms with Crippen LogP contribution in [-0.2, 0) is 0 Å². The second-order valence-corrected chi connectivity index (χ2v) is 7.19. The fourth-order valence-corrected chi connectivity index (χ4v) is 3.34. The smallest absolute Gasteiger partial charge is 0.129 e. The molecule has 2 aromatic heterocycles. The molecule has 0 bridgehead atoms. The number of pyridine rings is 2. The first-order valence-electron chi connectivity index (χ1n) is 9.90. The van der Waals surface area contributed by atoms with Crippen molar-refractivity contribution in [2.45, 2.75) is 18.9 Å². The normalized spacial score (nSPS) is 17.8. The molecule has 0 saturated carbocycles. The van der Waals surface area contributed by atoms with Crippen molar-refractivity contribution in [1.82, 2.24) is 15.3 Å². The average Bonchev–Trinajstić information content (AvgIpc) is 2.77. The highest BCUT2D eigenvalue weighted by molar-refractivity contribution is 6.13. The van der Waals surface area contributed by atoms with Gasteiger partial charge in [0.2, 0.25) is 0 Å². The first-order chi connectivity index (χ1) is 14.5. The molecule has 2 unspecified atom stereocenters. The molecule has 9 heteroatoms. The third-order valence-corrected chi connectivity index (χ3v) is 4.91. The van der Waals surface area contributed by atoms with E-state index in [9.17, 15) is 4.39 Å². The van der Waals surface area contributed by atoms with Gasteiger partial charge in [0.05, 0.1) is 41.4 Å². The maximum atomic E-state index is 12.3. The zero-order valence-corrected chi connectivity index (χ0v) is 17.0. The number of anilines is 2. The molecule has 2 atom stereocenters. The summed E-state index contributed by atoms with van der Waals surface area (Å²) in [6.07, 6.45) is 4.14. The summed E-state index contributed by atoms with van der Waals surface area (Å²) in [6, 6.07) is 7.67. The van der Waals surface area contributed by atoms with E-state index in [1.807, 2.05) is 12.1 Å². The standard InChI is InChI=1S/C21H27FN8/c1-14-13-30(8-7-27-14)20-4-2-3-18(29-20)21(25)16-9-19(28-12-17(16)24)15(10-23)11-26-6-5-22/h2-4,9-12,14-15,23,25,27H,5-8,13,24H2,1H3. The Morgan fingerprint density at radius 3 is 3.07 bits per heavy atom. The number of nitrogen functional groups attached to an aromatic ring is 1. The third kappa shape index (κ3) is 5.04. The summed E-state index contributed by atoms with van der Waals surface area (Å²) in [4.78, 5) is 15.1.